The zero-order chi connectivity index (χ0) is 13.0. The molecule has 0 unspecified atom stereocenters. The van der Waals surface area contributed by atoms with Crippen LogP contribution < -0.4 is 4.90 Å². The molecule has 1 saturated heterocycles. The molecule has 1 aromatic rings. The fourth-order valence-electron chi connectivity index (χ4n) is 2.50. The van der Waals surface area contributed by atoms with Crippen molar-refractivity contribution in [3.05, 3.63) is 29.8 Å². The number of benzene rings is 1. The van der Waals surface area contributed by atoms with Gasteiger partial charge in [-0.05, 0) is 43.6 Å². The Labute approximate surface area is 110 Å². The van der Waals surface area contributed by atoms with Gasteiger partial charge in [0.1, 0.15) is 6.04 Å². The molecule has 1 heterocycles. The van der Waals surface area contributed by atoms with Crippen molar-refractivity contribution >= 4 is 5.69 Å². The molecule has 1 aliphatic heterocycles. The van der Waals surface area contributed by atoms with Crippen molar-refractivity contribution in [2.75, 3.05) is 32.1 Å². The monoisotopic (exact) mass is 243 g/mol. The van der Waals surface area contributed by atoms with Crippen molar-refractivity contribution in [1.82, 2.24) is 4.90 Å². The first-order chi connectivity index (χ1) is 8.72. The molecule has 1 atom stereocenters. The lowest BCUT2D eigenvalue weighted by molar-refractivity contribution is 0.196. The summed E-state index contributed by atoms with van der Waals surface area (Å²) >= 11 is 0. The van der Waals surface area contributed by atoms with Crippen LogP contribution in [0.3, 0.4) is 0 Å². The molecule has 2 rings (SSSR count). The Morgan fingerprint density at radius 1 is 1.11 bits per heavy atom. The minimum atomic E-state index is -0.0819. The SMILES string of the molecule is CN(C)c1ccc([C@H](C#N)N2CCCCC2)cc1. The molecular formula is C15H21N3. The molecular weight excluding hydrogens is 222 g/mol. The number of nitrogens with zero attached hydrogens (tertiary/aromatic N) is 3. The predicted molar refractivity (Wildman–Crippen MR) is 74.5 cm³/mol. The highest BCUT2D eigenvalue weighted by Crippen LogP contribution is 2.25. The van der Waals surface area contributed by atoms with E-state index < -0.39 is 0 Å². The van der Waals surface area contributed by atoms with Gasteiger partial charge in [0.25, 0.3) is 0 Å². The first-order valence-corrected chi connectivity index (χ1v) is 6.63. The minimum Gasteiger partial charge on any atom is -0.378 e. The maximum absolute atomic E-state index is 9.41. The predicted octanol–water partition coefficient (Wildman–Crippen LogP) is 2.80. The Morgan fingerprint density at radius 2 is 1.72 bits per heavy atom. The fraction of sp³-hybridized carbons (Fsp3) is 0.533. The van der Waals surface area contributed by atoms with E-state index in [0.29, 0.717) is 0 Å². The van der Waals surface area contributed by atoms with Crippen LogP contribution in [0.5, 0.6) is 0 Å². The van der Waals surface area contributed by atoms with E-state index in [2.05, 4.69) is 40.1 Å². The second kappa shape index (κ2) is 5.88. The molecule has 1 aliphatic rings. The number of nitriles is 1. The maximum Gasteiger partial charge on any atom is 0.123 e. The van der Waals surface area contributed by atoms with Gasteiger partial charge in [0.15, 0.2) is 0 Å². The molecule has 18 heavy (non-hydrogen) atoms. The van der Waals surface area contributed by atoms with Gasteiger partial charge in [-0.3, -0.25) is 4.90 Å². The summed E-state index contributed by atoms with van der Waals surface area (Å²) in [7, 11) is 4.06. The van der Waals surface area contributed by atoms with Crippen molar-refractivity contribution < 1.29 is 0 Å². The van der Waals surface area contributed by atoms with Crippen LogP contribution in [-0.4, -0.2) is 32.1 Å². The number of anilines is 1. The van der Waals surface area contributed by atoms with Crippen LogP contribution in [0.15, 0.2) is 24.3 Å². The second-order valence-electron chi connectivity index (χ2n) is 5.11. The van der Waals surface area contributed by atoms with E-state index in [4.69, 9.17) is 0 Å². The van der Waals surface area contributed by atoms with Crippen LogP contribution in [0.25, 0.3) is 0 Å². The first kappa shape index (κ1) is 12.9. The van der Waals surface area contributed by atoms with Crippen molar-refractivity contribution in [3.8, 4) is 6.07 Å². The van der Waals surface area contributed by atoms with Gasteiger partial charge in [-0.15, -0.1) is 0 Å². The van der Waals surface area contributed by atoms with Gasteiger partial charge in [0, 0.05) is 19.8 Å². The molecule has 0 radical (unpaired) electrons. The van der Waals surface area contributed by atoms with Crippen molar-refractivity contribution in [3.63, 3.8) is 0 Å². The molecule has 1 fully saturated rings. The summed E-state index contributed by atoms with van der Waals surface area (Å²) < 4.78 is 0. The molecule has 3 nitrogen and oxygen atoms in total. The summed E-state index contributed by atoms with van der Waals surface area (Å²) in [4.78, 5) is 4.38. The Hall–Kier alpha value is -1.53. The molecule has 0 aromatic heterocycles. The topological polar surface area (TPSA) is 30.3 Å². The summed E-state index contributed by atoms with van der Waals surface area (Å²) in [5, 5.41) is 9.41. The molecule has 1 aromatic carbocycles. The number of rotatable bonds is 3. The van der Waals surface area contributed by atoms with Crippen molar-refractivity contribution in [2.45, 2.75) is 25.3 Å². The Bertz CT molecular complexity index is 410. The standard InChI is InChI=1S/C15H21N3/c1-17(2)14-8-6-13(7-9-14)15(12-16)18-10-4-3-5-11-18/h6-9,15H,3-5,10-11H2,1-2H3/t15-/m0/s1. The number of hydrogen-bond acceptors (Lipinski definition) is 3. The highest BCUT2D eigenvalue weighted by atomic mass is 15.2. The third-order valence-corrected chi connectivity index (χ3v) is 3.60. The smallest absolute Gasteiger partial charge is 0.123 e. The Kier molecular flexibility index (Phi) is 4.22. The number of likely N-dealkylation sites (tertiary alicyclic amines) is 1. The van der Waals surface area contributed by atoms with Crippen LogP contribution >= 0.6 is 0 Å². The highest BCUT2D eigenvalue weighted by Gasteiger charge is 2.21. The molecule has 96 valence electrons. The molecule has 0 saturated carbocycles. The molecule has 0 aliphatic carbocycles. The third-order valence-electron chi connectivity index (χ3n) is 3.60. The van der Waals surface area contributed by atoms with Gasteiger partial charge in [-0.25, -0.2) is 0 Å². The highest BCUT2D eigenvalue weighted by molar-refractivity contribution is 5.47. The zero-order valence-corrected chi connectivity index (χ0v) is 11.3. The van der Waals surface area contributed by atoms with Gasteiger partial charge in [0.2, 0.25) is 0 Å². The van der Waals surface area contributed by atoms with E-state index in [1.807, 2.05) is 14.1 Å². The minimum absolute atomic E-state index is 0.0819. The van der Waals surface area contributed by atoms with Crippen LogP contribution in [0, 0.1) is 11.3 Å². The van der Waals surface area contributed by atoms with Crippen LogP contribution in [0.4, 0.5) is 5.69 Å². The van der Waals surface area contributed by atoms with E-state index in [0.717, 1.165) is 18.7 Å². The molecule has 0 bridgehead atoms. The van der Waals surface area contributed by atoms with Crippen molar-refractivity contribution in [1.29, 1.82) is 5.26 Å². The van der Waals surface area contributed by atoms with Crippen molar-refractivity contribution in [2.24, 2.45) is 0 Å². The number of hydrogen-bond donors (Lipinski definition) is 0. The summed E-state index contributed by atoms with van der Waals surface area (Å²) in [6.07, 6.45) is 3.73. The maximum atomic E-state index is 9.41. The average Bonchev–Trinajstić information content (AvgIpc) is 2.41. The van der Waals surface area contributed by atoms with Crippen LogP contribution in [0.2, 0.25) is 0 Å². The van der Waals surface area contributed by atoms with Gasteiger partial charge in [-0.2, -0.15) is 5.26 Å². The lowest BCUT2D eigenvalue weighted by atomic mass is 10.0. The van der Waals surface area contributed by atoms with E-state index in [9.17, 15) is 5.26 Å². The van der Waals surface area contributed by atoms with Crippen LogP contribution in [-0.2, 0) is 0 Å². The average molecular weight is 243 g/mol. The normalized spacial score (nSPS) is 18.1. The summed E-state index contributed by atoms with van der Waals surface area (Å²) in [6, 6.07) is 10.7. The Morgan fingerprint density at radius 3 is 2.22 bits per heavy atom. The Balaban J connectivity index is 2.14. The summed E-state index contributed by atoms with van der Waals surface area (Å²) in [5.41, 5.74) is 2.29. The summed E-state index contributed by atoms with van der Waals surface area (Å²) in [5.74, 6) is 0. The van der Waals surface area contributed by atoms with E-state index in [-0.39, 0.29) is 6.04 Å². The van der Waals surface area contributed by atoms with Crippen LogP contribution in [0.1, 0.15) is 30.9 Å². The quantitative estimate of drug-likeness (QED) is 0.817. The largest absolute Gasteiger partial charge is 0.378 e. The van der Waals surface area contributed by atoms with Gasteiger partial charge < -0.3 is 4.90 Å². The second-order valence-corrected chi connectivity index (χ2v) is 5.11. The van der Waals surface area contributed by atoms with Gasteiger partial charge in [-0.1, -0.05) is 18.6 Å². The zero-order valence-electron chi connectivity index (χ0n) is 11.3. The first-order valence-electron chi connectivity index (χ1n) is 6.63. The lowest BCUT2D eigenvalue weighted by Gasteiger charge is -2.30. The summed E-state index contributed by atoms with van der Waals surface area (Å²) in [6.45, 7) is 2.10. The third kappa shape index (κ3) is 2.83. The number of piperidine rings is 1. The molecule has 0 amide bonds. The van der Waals surface area contributed by atoms with E-state index in [1.54, 1.807) is 0 Å². The fourth-order valence-corrected chi connectivity index (χ4v) is 2.50. The molecule has 3 heteroatoms. The molecule has 0 N–H and O–H groups in total. The van der Waals surface area contributed by atoms with E-state index in [1.165, 1.54) is 24.9 Å². The van der Waals surface area contributed by atoms with E-state index >= 15 is 0 Å². The molecule has 0 spiro atoms. The van der Waals surface area contributed by atoms with Gasteiger partial charge in [0.05, 0.1) is 6.07 Å². The van der Waals surface area contributed by atoms with Gasteiger partial charge >= 0.3 is 0 Å². The lowest BCUT2D eigenvalue weighted by Crippen LogP contribution is -2.33.